The molecule has 1 aromatic heterocycles. The smallest absolute Gasteiger partial charge is 0.441 e. The predicted molar refractivity (Wildman–Crippen MR) is 68.5 cm³/mol. The number of ether oxygens (including phenoxy) is 1. The molecule has 1 atom stereocenters. The van der Waals surface area contributed by atoms with Crippen LogP contribution in [0.15, 0.2) is 21.2 Å². The lowest BCUT2D eigenvalue weighted by atomic mass is 9.97. The molecule has 2 N–H and O–H groups in total. The van der Waals surface area contributed by atoms with Crippen molar-refractivity contribution in [2.75, 3.05) is 7.11 Å². The number of hydrogen-bond donors (Lipinski definition) is 1. The molecule has 0 saturated carbocycles. The van der Waals surface area contributed by atoms with Crippen LogP contribution in [0.3, 0.4) is 0 Å². The monoisotopic (exact) mass is 287 g/mol. The first-order valence-electron chi connectivity index (χ1n) is 6.03. The molecule has 0 bridgehead atoms. The quantitative estimate of drug-likeness (QED) is 0.772. The third-order valence-electron chi connectivity index (χ3n) is 2.86. The molecule has 0 fully saturated rings. The first-order chi connectivity index (χ1) is 9.27. The number of rotatable bonds is 6. The molecule has 1 unspecified atom stereocenters. The summed E-state index contributed by atoms with van der Waals surface area (Å²) in [7, 11) is 1.24. The highest BCUT2D eigenvalue weighted by atomic mass is 19.1. The molecule has 0 amide bonds. The van der Waals surface area contributed by atoms with E-state index in [-0.39, 0.29) is 25.2 Å². The van der Waals surface area contributed by atoms with Gasteiger partial charge in [0.05, 0.1) is 13.7 Å². The van der Waals surface area contributed by atoms with E-state index in [0.717, 1.165) is 4.57 Å². The molecule has 1 aromatic rings. The number of methoxy groups -OCH3 is 1. The maximum atomic E-state index is 13.7. The van der Waals surface area contributed by atoms with Crippen LogP contribution in [0.5, 0.6) is 0 Å². The molecule has 0 spiro atoms. The molecule has 1 rings (SSSR count). The molecule has 0 radical (unpaired) electrons. The lowest BCUT2D eigenvalue weighted by Crippen LogP contribution is -2.45. The molecule has 7 nitrogen and oxygen atoms in total. The second kappa shape index (κ2) is 6.47. The fourth-order valence-electron chi connectivity index (χ4n) is 1.59. The number of aryl methyl sites for hydroxylation is 1. The maximum absolute atomic E-state index is 13.7. The second-order valence-corrected chi connectivity index (χ2v) is 4.68. The first kappa shape index (κ1) is 16.1. The molecule has 0 saturated heterocycles. The molecule has 0 aromatic carbocycles. The summed E-state index contributed by atoms with van der Waals surface area (Å²) < 4.78 is 23.7. The van der Waals surface area contributed by atoms with Crippen LogP contribution in [-0.4, -0.2) is 28.3 Å². The summed E-state index contributed by atoms with van der Waals surface area (Å²) in [5.41, 5.74) is 4.56. The summed E-state index contributed by atoms with van der Waals surface area (Å²) >= 11 is 0. The Bertz CT molecular complexity index is 559. The Labute approximate surface area is 115 Å². The number of esters is 1. The fraction of sp³-hybridized carbons (Fsp3) is 0.583. The molecule has 20 heavy (non-hydrogen) atoms. The van der Waals surface area contributed by atoms with Gasteiger partial charge in [0.25, 0.3) is 0 Å². The number of hydrogen-bond acceptors (Lipinski definition) is 6. The van der Waals surface area contributed by atoms with Crippen molar-refractivity contribution < 1.29 is 18.4 Å². The van der Waals surface area contributed by atoms with Crippen LogP contribution >= 0.6 is 0 Å². The van der Waals surface area contributed by atoms with Crippen LogP contribution in [-0.2, 0) is 16.1 Å². The van der Waals surface area contributed by atoms with Crippen LogP contribution in [0.25, 0.3) is 0 Å². The van der Waals surface area contributed by atoms with Crippen LogP contribution < -0.4 is 11.5 Å². The normalized spacial score (nSPS) is 14.9. The largest absolute Gasteiger partial charge is 0.468 e. The van der Waals surface area contributed by atoms with E-state index in [0.29, 0.717) is 0 Å². The second-order valence-electron chi connectivity index (χ2n) is 4.68. The van der Waals surface area contributed by atoms with E-state index >= 15 is 0 Å². The number of carbonyl (C=O) groups is 1. The van der Waals surface area contributed by atoms with Crippen molar-refractivity contribution in [2.24, 2.45) is 5.73 Å². The SMILES string of the molecule is COC(=O)C(C)(N)CC/C=C(/F)Cn1c(C)noc1=O. The predicted octanol–water partition coefficient (Wildman–Crippen LogP) is 0.669. The van der Waals surface area contributed by atoms with Crippen LogP contribution in [0.4, 0.5) is 4.39 Å². The molecule has 1 heterocycles. The van der Waals surface area contributed by atoms with Gasteiger partial charge in [0.2, 0.25) is 0 Å². The van der Waals surface area contributed by atoms with Gasteiger partial charge >= 0.3 is 11.7 Å². The highest BCUT2D eigenvalue weighted by Crippen LogP contribution is 2.13. The molecular weight excluding hydrogens is 269 g/mol. The molecular formula is C12H18FN3O4. The van der Waals surface area contributed by atoms with E-state index < -0.39 is 23.1 Å². The molecule has 0 aliphatic carbocycles. The highest BCUT2D eigenvalue weighted by Gasteiger charge is 2.28. The summed E-state index contributed by atoms with van der Waals surface area (Å²) in [4.78, 5) is 22.5. The van der Waals surface area contributed by atoms with Crippen molar-refractivity contribution in [3.05, 3.63) is 28.3 Å². The number of aromatic nitrogens is 2. The lowest BCUT2D eigenvalue weighted by Gasteiger charge is -2.20. The number of carbonyl (C=O) groups excluding carboxylic acids is 1. The van der Waals surface area contributed by atoms with Gasteiger partial charge in [0.1, 0.15) is 11.4 Å². The first-order valence-corrected chi connectivity index (χ1v) is 6.03. The Morgan fingerprint density at radius 1 is 1.65 bits per heavy atom. The van der Waals surface area contributed by atoms with Crippen LogP contribution in [0.2, 0.25) is 0 Å². The minimum absolute atomic E-state index is 0.227. The van der Waals surface area contributed by atoms with Gasteiger partial charge in [-0.05, 0) is 26.7 Å². The van der Waals surface area contributed by atoms with E-state index in [4.69, 9.17) is 5.73 Å². The number of halogens is 1. The standard InChI is InChI=1S/C12H18FN3O4/c1-8-15-20-11(18)16(8)7-9(13)5-4-6-12(2,14)10(17)19-3/h5H,4,6-7,14H2,1-3H3/b9-5+. The molecule has 8 heteroatoms. The number of nitrogens with two attached hydrogens (primary N) is 1. The number of allylic oxidation sites excluding steroid dienone is 2. The Morgan fingerprint density at radius 3 is 2.80 bits per heavy atom. The zero-order valence-electron chi connectivity index (χ0n) is 11.7. The van der Waals surface area contributed by atoms with Crippen molar-refractivity contribution in [3.8, 4) is 0 Å². The van der Waals surface area contributed by atoms with Gasteiger partial charge in [-0.25, -0.2) is 9.18 Å². The Kier molecular flexibility index (Phi) is 5.20. The molecule has 112 valence electrons. The average molecular weight is 287 g/mol. The average Bonchev–Trinajstić information content (AvgIpc) is 2.69. The van der Waals surface area contributed by atoms with Crippen molar-refractivity contribution in [1.29, 1.82) is 0 Å². The topological polar surface area (TPSA) is 100 Å². The Hall–Kier alpha value is -1.96. The van der Waals surface area contributed by atoms with Crippen molar-refractivity contribution in [2.45, 2.75) is 38.8 Å². The molecule has 0 aliphatic rings. The van der Waals surface area contributed by atoms with E-state index in [1.165, 1.54) is 27.0 Å². The third kappa shape index (κ3) is 4.02. The molecule has 0 aliphatic heterocycles. The third-order valence-corrected chi connectivity index (χ3v) is 2.86. The number of nitrogens with zero attached hydrogens (tertiary/aromatic N) is 2. The Morgan fingerprint density at radius 2 is 2.30 bits per heavy atom. The minimum atomic E-state index is -1.17. The van der Waals surface area contributed by atoms with Gasteiger partial charge in [-0.3, -0.25) is 13.9 Å². The van der Waals surface area contributed by atoms with Crippen LogP contribution in [0.1, 0.15) is 25.6 Å². The van der Waals surface area contributed by atoms with Gasteiger partial charge in [-0.1, -0.05) is 11.2 Å². The van der Waals surface area contributed by atoms with Gasteiger partial charge in [-0.2, -0.15) is 0 Å². The zero-order chi connectivity index (χ0) is 15.3. The summed E-state index contributed by atoms with van der Waals surface area (Å²) in [5, 5.41) is 3.42. The summed E-state index contributed by atoms with van der Waals surface area (Å²) in [6.07, 6.45) is 1.74. The van der Waals surface area contributed by atoms with Gasteiger partial charge in [0, 0.05) is 0 Å². The van der Waals surface area contributed by atoms with Crippen molar-refractivity contribution >= 4 is 5.97 Å². The van der Waals surface area contributed by atoms with E-state index in [1.807, 2.05) is 0 Å². The van der Waals surface area contributed by atoms with Gasteiger partial charge in [-0.15, -0.1) is 0 Å². The minimum Gasteiger partial charge on any atom is -0.468 e. The maximum Gasteiger partial charge on any atom is 0.441 e. The highest BCUT2D eigenvalue weighted by molar-refractivity contribution is 5.79. The van der Waals surface area contributed by atoms with Crippen LogP contribution in [0, 0.1) is 6.92 Å². The summed E-state index contributed by atoms with van der Waals surface area (Å²) in [5.74, 6) is -1.52. The van der Waals surface area contributed by atoms with E-state index in [2.05, 4.69) is 14.4 Å². The van der Waals surface area contributed by atoms with E-state index in [1.54, 1.807) is 0 Å². The van der Waals surface area contributed by atoms with Crippen molar-refractivity contribution in [1.82, 2.24) is 9.72 Å². The van der Waals surface area contributed by atoms with E-state index in [9.17, 15) is 14.0 Å². The van der Waals surface area contributed by atoms with Crippen molar-refractivity contribution in [3.63, 3.8) is 0 Å². The summed E-state index contributed by atoms with van der Waals surface area (Å²) in [6.45, 7) is 2.79. The van der Waals surface area contributed by atoms with Gasteiger partial charge < -0.3 is 10.5 Å². The van der Waals surface area contributed by atoms with Gasteiger partial charge in [0.15, 0.2) is 5.82 Å². The Balaban J connectivity index is 2.59. The lowest BCUT2D eigenvalue weighted by molar-refractivity contribution is -0.146. The fourth-order valence-corrected chi connectivity index (χ4v) is 1.59. The zero-order valence-corrected chi connectivity index (χ0v) is 11.7. The summed E-state index contributed by atoms with van der Waals surface area (Å²) in [6, 6.07) is 0.